The summed E-state index contributed by atoms with van der Waals surface area (Å²) in [6.07, 6.45) is 0.854. The molecular weight excluding hydrogens is 232 g/mol. The van der Waals surface area contributed by atoms with Crippen molar-refractivity contribution >= 4 is 6.09 Å². The van der Waals surface area contributed by atoms with Crippen LogP contribution in [0.5, 0.6) is 0 Å². The van der Waals surface area contributed by atoms with Crippen LogP contribution in [-0.2, 0) is 4.74 Å². The molecule has 3 N–H and O–H groups in total. The van der Waals surface area contributed by atoms with E-state index in [9.17, 15) is 9.90 Å². The molecule has 5 nitrogen and oxygen atoms in total. The van der Waals surface area contributed by atoms with Gasteiger partial charge in [-0.1, -0.05) is 0 Å². The van der Waals surface area contributed by atoms with Gasteiger partial charge in [0.05, 0.1) is 11.1 Å². The third-order valence-corrected chi connectivity index (χ3v) is 4.34. The van der Waals surface area contributed by atoms with E-state index in [0.29, 0.717) is 12.8 Å². The molecule has 0 aromatic carbocycles. The molecular formula is C13H25N2O3+. The van der Waals surface area contributed by atoms with E-state index in [0.717, 1.165) is 0 Å². The average molecular weight is 257 g/mol. The SMILES string of the molecule is CN1C(=O)OC2(CC(C)(C)[NH2+]C(C)(C)C2)[C@]1(C)O. The van der Waals surface area contributed by atoms with Crippen molar-refractivity contribution in [1.82, 2.24) is 4.90 Å². The van der Waals surface area contributed by atoms with E-state index in [-0.39, 0.29) is 11.1 Å². The Labute approximate surface area is 108 Å². The summed E-state index contributed by atoms with van der Waals surface area (Å²) < 4.78 is 5.61. The zero-order chi connectivity index (χ0) is 14.0. The van der Waals surface area contributed by atoms with E-state index < -0.39 is 17.4 Å². The fourth-order valence-corrected chi connectivity index (χ4v) is 3.92. The van der Waals surface area contributed by atoms with Crippen LogP contribution in [0.15, 0.2) is 0 Å². The molecule has 1 spiro atoms. The van der Waals surface area contributed by atoms with Crippen molar-refractivity contribution in [2.75, 3.05) is 7.05 Å². The second-order valence-corrected chi connectivity index (χ2v) is 7.42. The summed E-state index contributed by atoms with van der Waals surface area (Å²) in [5, 5.41) is 13.0. The number of nitrogens with zero attached hydrogens (tertiary/aromatic N) is 1. The molecule has 0 aliphatic carbocycles. The van der Waals surface area contributed by atoms with Gasteiger partial charge < -0.3 is 15.2 Å². The molecule has 2 fully saturated rings. The number of piperidine rings is 1. The van der Waals surface area contributed by atoms with E-state index in [2.05, 4.69) is 33.0 Å². The summed E-state index contributed by atoms with van der Waals surface area (Å²) in [5.41, 5.74) is -2.22. The van der Waals surface area contributed by atoms with Crippen LogP contribution in [0.2, 0.25) is 0 Å². The summed E-state index contributed by atoms with van der Waals surface area (Å²) in [4.78, 5) is 13.1. The number of quaternary nitrogens is 1. The van der Waals surface area contributed by atoms with Crippen LogP contribution >= 0.6 is 0 Å². The third-order valence-electron chi connectivity index (χ3n) is 4.34. The highest BCUT2D eigenvalue weighted by molar-refractivity contribution is 5.72. The summed E-state index contributed by atoms with van der Waals surface area (Å²) in [7, 11) is 1.59. The van der Waals surface area contributed by atoms with Gasteiger partial charge in [-0.2, -0.15) is 0 Å². The monoisotopic (exact) mass is 257 g/mol. The van der Waals surface area contributed by atoms with Crippen LogP contribution in [0.1, 0.15) is 47.5 Å². The van der Waals surface area contributed by atoms with E-state index in [1.165, 1.54) is 4.90 Å². The molecule has 1 amide bonds. The van der Waals surface area contributed by atoms with Crippen LogP contribution in [0, 0.1) is 0 Å². The maximum Gasteiger partial charge on any atom is 0.412 e. The molecule has 0 radical (unpaired) electrons. The lowest BCUT2D eigenvalue weighted by Gasteiger charge is -2.51. The van der Waals surface area contributed by atoms with Gasteiger partial charge in [0.15, 0.2) is 11.3 Å². The predicted molar refractivity (Wildman–Crippen MR) is 66.9 cm³/mol. The Morgan fingerprint density at radius 2 is 1.61 bits per heavy atom. The highest BCUT2D eigenvalue weighted by Crippen LogP contribution is 2.47. The van der Waals surface area contributed by atoms with Crippen LogP contribution in [-0.4, -0.2) is 45.6 Å². The van der Waals surface area contributed by atoms with Gasteiger partial charge in [-0.3, -0.25) is 4.90 Å². The fourth-order valence-electron chi connectivity index (χ4n) is 3.92. The maximum absolute atomic E-state index is 11.8. The van der Waals surface area contributed by atoms with E-state index in [4.69, 9.17) is 4.74 Å². The lowest BCUT2D eigenvalue weighted by Crippen LogP contribution is -3.07. The lowest BCUT2D eigenvalue weighted by molar-refractivity contribution is -0.793. The molecule has 0 aromatic rings. The zero-order valence-corrected chi connectivity index (χ0v) is 12.2. The van der Waals surface area contributed by atoms with Crippen LogP contribution in [0.4, 0.5) is 4.79 Å². The minimum atomic E-state index is -1.26. The van der Waals surface area contributed by atoms with Gasteiger partial charge in [-0.25, -0.2) is 4.79 Å². The van der Waals surface area contributed by atoms with Crippen molar-refractivity contribution in [2.24, 2.45) is 0 Å². The molecule has 0 unspecified atom stereocenters. The number of carbonyl (C=O) groups excluding carboxylic acids is 1. The fraction of sp³-hybridized carbons (Fsp3) is 0.923. The molecule has 5 heteroatoms. The molecule has 2 heterocycles. The predicted octanol–water partition coefficient (Wildman–Crippen LogP) is 0.430. The molecule has 0 bridgehead atoms. The molecule has 0 aromatic heterocycles. The minimum absolute atomic E-state index is 0.0722. The van der Waals surface area contributed by atoms with Gasteiger partial charge >= 0.3 is 6.09 Å². The number of aliphatic hydroxyl groups is 1. The van der Waals surface area contributed by atoms with Crippen molar-refractivity contribution in [3.63, 3.8) is 0 Å². The van der Waals surface area contributed by atoms with Gasteiger partial charge in [-0.05, 0) is 34.6 Å². The number of hydrogen-bond acceptors (Lipinski definition) is 3. The van der Waals surface area contributed by atoms with Gasteiger partial charge in [-0.15, -0.1) is 0 Å². The van der Waals surface area contributed by atoms with Gasteiger partial charge in [0.1, 0.15) is 0 Å². The van der Waals surface area contributed by atoms with E-state index in [1.807, 2.05) is 0 Å². The van der Waals surface area contributed by atoms with Crippen molar-refractivity contribution < 1.29 is 20.0 Å². The zero-order valence-electron chi connectivity index (χ0n) is 12.2. The maximum atomic E-state index is 11.8. The molecule has 2 saturated heterocycles. The van der Waals surface area contributed by atoms with Crippen molar-refractivity contribution in [3.05, 3.63) is 0 Å². The largest absolute Gasteiger partial charge is 0.437 e. The number of ether oxygens (including phenoxy) is 1. The number of nitrogens with two attached hydrogens (primary N) is 1. The molecule has 104 valence electrons. The number of hydrogen-bond donors (Lipinski definition) is 2. The highest BCUT2D eigenvalue weighted by atomic mass is 16.6. The lowest BCUT2D eigenvalue weighted by atomic mass is 9.68. The molecule has 0 saturated carbocycles. The Bertz CT molecular complexity index is 372. The molecule has 18 heavy (non-hydrogen) atoms. The van der Waals surface area contributed by atoms with E-state index in [1.54, 1.807) is 14.0 Å². The second kappa shape index (κ2) is 3.39. The smallest absolute Gasteiger partial charge is 0.412 e. The molecule has 2 aliphatic heterocycles. The summed E-state index contributed by atoms with van der Waals surface area (Å²) >= 11 is 0. The highest BCUT2D eigenvalue weighted by Gasteiger charge is 2.67. The number of rotatable bonds is 0. The summed E-state index contributed by atoms with van der Waals surface area (Å²) in [6.45, 7) is 10.2. The van der Waals surface area contributed by atoms with Crippen LogP contribution in [0.3, 0.4) is 0 Å². The van der Waals surface area contributed by atoms with Crippen molar-refractivity contribution in [3.8, 4) is 0 Å². The first-order chi connectivity index (χ1) is 7.91. The van der Waals surface area contributed by atoms with Crippen LogP contribution in [0.25, 0.3) is 0 Å². The summed E-state index contributed by atoms with van der Waals surface area (Å²) in [6, 6.07) is 0. The summed E-state index contributed by atoms with van der Waals surface area (Å²) in [5.74, 6) is 0. The minimum Gasteiger partial charge on any atom is -0.437 e. The van der Waals surface area contributed by atoms with Gasteiger partial charge in [0.25, 0.3) is 0 Å². The van der Waals surface area contributed by atoms with E-state index >= 15 is 0 Å². The normalized spacial score (nSPS) is 36.8. The van der Waals surface area contributed by atoms with Crippen molar-refractivity contribution in [2.45, 2.75) is 69.9 Å². The standard InChI is InChI=1S/C13H24N2O3/c1-10(2)7-13(8-11(3,4)14-10)12(5,17)15(6)9(16)18-13/h14,17H,7-8H2,1-6H3/p+1/t12-/m0/s1. The number of amides is 1. The van der Waals surface area contributed by atoms with Gasteiger partial charge in [0.2, 0.25) is 0 Å². The Morgan fingerprint density at radius 3 is 1.94 bits per heavy atom. The van der Waals surface area contributed by atoms with Gasteiger partial charge in [0, 0.05) is 19.9 Å². The first kappa shape index (κ1) is 13.6. The Kier molecular flexibility index (Phi) is 2.57. The molecule has 2 aliphatic rings. The topological polar surface area (TPSA) is 66.4 Å². The number of carbonyl (C=O) groups is 1. The Balaban J connectivity index is 2.45. The Morgan fingerprint density at radius 1 is 1.17 bits per heavy atom. The molecule has 1 atom stereocenters. The quantitative estimate of drug-likeness (QED) is 0.661. The second-order valence-electron chi connectivity index (χ2n) is 7.42. The average Bonchev–Trinajstić information content (AvgIpc) is 2.22. The molecule has 2 rings (SSSR count). The van der Waals surface area contributed by atoms with Crippen molar-refractivity contribution in [1.29, 1.82) is 0 Å². The number of likely N-dealkylation sites (N-methyl/N-ethyl adjacent to an activating group) is 1. The first-order valence-corrected chi connectivity index (χ1v) is 6.47. The third kappa shape index (κ3) is 1.80. The first-order valence-electron chi connectivity index (χ1n) is 6.47. The Hall–Kier alpha value is -0.810. The van der Waals surface area contributed by atoms with Crippen LogP contribution < -0.4 is 5.32 Å².